The number of halogens is 2. The first-order valence-electron chi connectivity index (χ1n) is 9.60. The van der Waals surface area contributed by atoms with E-state index in [1.807, 2.05) is 6.07 Å². The van der Waals surface area contributed by atoms with Crippen molar-refractivity contribution in [2.24, 2.45) is 0 Å². The van der Waals surface area contributed by atoms with Crippen molar-refractivity contribution in [3.63, 3.8) is 0 Å². The van der Waals surface area contributed by atoms with Crippen molar-refractivity contribution in [2.45, 2.75) is 25.9 Å². The van der Waals surface area contributed by atoms with E-state index >= 15 is 0 Å². The fourth-order valence-electron chi connectivity index (χ4n) is 3.33. The van der Waals surface area contributed by atoms with Crippen molar-refractivity contribution in [1.82, 2.24) is 14.7 Å². The van der Waals surface area contributed by atoms with Crippen LogP contribution in [0.5, 0.6) is 0 Å². The molecule has 1 fully saturated rings. The zero-order chi connectivity index (χ0) is 22.0. The van der Waals surface area contributed by atoms with Crippen LogP contribution in [0.3, 0.4) is 0 Å². The van der Waals surface area contributed by atoms with Crippen molar-refractivity contribution in [1.29, 1.82) is 0 Å². The van der Waals surface area contributed by atoms with E-state index in [0.29, 0.717) is 28.0 Å². The lowest BCUT2D eigenvalue weighted by Crippen LogP contribution is -2.28. The number of amides is 3. The molecule has 158 valence electrons. The fourth-order valence-corrected chi connectivity index (χ4v) is 3.71. The highest BCUT2D eigenvalue weighted by atomic mass is 35.5. The molecule has 1 N–H and O–H groups in total. The van der Waals surface area contributed by atoms with Gasteiger partial charge in [-0.2, -0.15) is 5.10 Å². The second-order valence-electron chi connectivity index (χ2n) is 7.11. The summed E-state index contributed by atoms with van der Waals surface area (Å²) in [6.07, 6.45) is 2.10. The van der Waals surface area contributed by atoms with E-state index in [9.17, 15) is 14.4 Å². The van der Waals surface area contributed by atoms with Crippen LogP contribution in [0.1, 0.15) is 34.3 Å². The monoisotopic (exact) mass is 456 g/mol. The van der Waals surface area contributed by atoms with Gasteiger partial charge in [0.2, 0.25) is 11.8 Å². The quantitative estimate of drug-likeness (QED) is 0.564. The Bertz CT molecular complexity index is 1140. The van der Waals surface area contributed by atoms with Gasteiger partial charge in [0.05, 0.1) is 29.3 Å². The lowest BCUT2D eigenvalue weighted by atomic mass is 10.1. The highest BCUT2D eigenvalue weighted by molar-refractivity contribution is 6.42. The molecule has 3 amide bonds. The third kappa shape index (κ3) is 4.62. The van der Waals surface area contributed by atoms with E-state index in [4.69, 9.17) is 23.2 Å². The maximum Gasteiger partial charge on any atom is 0.256 e. The summed E-state index contributed by atoms with van der Waals surface area (Å²) in [5.74, 6) is -0.128. The number of carbonyl (C=O) groups is 3. The number of nitrogens with zero attached hydrogens (tertiary/aromatic N) is 3. The SMILES string of the molecule is O=C(Nc1ccnn1Cc1cccc(Cl)c1Cl)c1ccc(CN2C(=O)CCC2=O)cc1. The average molecular weight is 457 g/mol. The summed E-state index contributed by atoms with van der Waals surface area (Å²) < 4.78 is 1.62. The van der Waals surface area contributed by atoms with Crippen LogP contribution in [0.15, 0.2) is 54.7 Å². The van der Waals surface area contributed by atoms with Gasteiger partial charge in [-0.15, -0.1) is 0 Å². The van der Waals surface area contributed by atoms with Crippen molar-refractivity contribution < 1.29 is 14.4 Å². The Hall–Kier alpha value is -3.16. The molecule has 2 aromatic carbocycles. The number of anilines is 1. The van der Waals surface area contributed by atoms with E-state index in [-0.39, 0.29) is 37.1 Å². The van der Waals surface area contributed by atoms with Crippen molar-refractivity contribution >= 4 is 46.7 Å². The van der Waals surface area contributed by atoms with Gasteiger partial charge < -0.3 is 5.32 Å². The molecule has 1 aliphatic heterocycles. The van der Waals surface area contributed by atoms with Crippen LogP contribution in [0.25, 0.3) is 0 Å². The van der Waals surface area contributed by atoms with Crippen LogP contribution in [0.4, 0.5) is 5.82 Å². The molecule has 9 heteroatoms. The Morgan fingerprint density at radius 1 is 0.968 bits per heavy atom. The predicted octanol–water partition coefficient (Wildman–Crippen LogP) is 4.14. The predicted molar refractivity (Wildman–Crippen MR) is 117 cm³/mol. The zero-order valence-electron chi connectivity index (χ0n) is 16.3. The van der Waals surface area contributed by atoms with Gasteiger partial charge in [-0.25, -0.2) is 4.68 Å². The Labute approximate surface area is 188 Å². The van der Waals surface area contributed by atoms with Crippen molar-refractivity contribution in [2.75, 3.05) is 5.32 Å². The van der Waals surface area contributed by atoms with Crippen molar-refractivity contribution in [3.05, 3.63) is 81.5 Å². The van der Waals surface area contributed by atoms with Gasteiger partial charge in [0.15, 0.2) is 0 Å². The molecular weight excluding hydrogens is 439 g/mol. The summed E-state index contributed by atoms with van der Waals surface area (Å²) in [6, 6.07) is 13.8. The first-order chi connectivity index (χ1) is 14.9. The smallest absolute Gasteiger partial charge is 0.256 e. The molecule has 0 spiro atoms. The molecule has 7 nitrogen and oxygen atoms in total. The van der Waals surface area contributed by atoms with E-state index in [1.54, 1.807) is 53.3 Å². The average Bonchev–Trinajstić information content (AvgIpc) is 3.33. The largest absolute Gasteiger partial charge is 0.307 e. The zero-order valence-corrected chi connectivity index (χ0v) is 17.9. The minimum atomic E-state index is -0.307. The fraction of sp³-hybridized carbons (Fsp3) is 0.182. The maximum absolute atomic E-state index is 12.7. The van der Waals surface area contributed by atoms with E-state index in [2.05, 4.69) is 10.4 Å². The summed E-state index contributed by atoms with van der Waals surface area (Å²) in [5, 5.41) is 7.98. The van der Waals surface area contributed by atoms with Gasteiger partial charge >= 0.3 is 0 Å². The number of hydrogen-bond acceptors (Lipinski definition) is 4. The number of hydrogen-bond donors (Lipinski definition) is 1. The van der Waals surface area contributed by atoms with E-state index in [0.717, 1.165) is 11.1 Å². The molecule has 0 bridgehead atoms. The molecule has 1 saturated heterocycles. The van der Waals surface area contributed by atoms with Crippen LogP contribution < -0.4 is 5.32 Å². The molecular formula is C22H18Cl2N4O3. The highest BCUT2D eigenvalue weighted by Crippen LogP contribution is 2.26. The Balaban J connectivity index is 1.43. The van der Waals surface area contributed by atoms with Crippen LogP contribution in [-0.2, 0) is 22.7 Å². The molecule has 1 aromatic heterocycles. The molecule has 4 rings (SSSR count). The van der Waals surface area contributed by atoms with Gasteiger partial charge in [-0.1, -0.05) is 47.5 Å². The molecule has 2 heterocycles. The highest BCUT2D eigenvalue weighted by Gasteiger charge is 2.28. The number of nitrogens with one attached hydrogen (secondary N) is 1. The van der Waals surface area contributed by atoms with Gasteiger partial charge in [-0.05, 0) is 29.3 Å². The second kappa shape index (κ2) is 8.91. The number of aromatic nitrogens is 2. The first-order valence-corrected chi connectivity index (χ1v) is 10.4. The van der Waals surface area contributed by atoms with Gasteiger partial charge in [0, 0.05) is 24.5 Å². The Kier molecular flexibility index (Phi) is 6.06. The lowest BCUT2D eigenvalue weighted by molar-refractivity contribution is -0.139. The third-order valence-electron chi connectivity index (χ3n) is 5.02. The molecule has 0 aliphatic carbocycles. The van der Waals surface area contributed by atoms with Gasteiger partial charge in [-0.3, -0.25) is 19.3 Å². The first kappa shape index (κ1) is 21.1. The van der Waals surface area contributed by atoms with E-state index in [1.165, 1.54) is 4.90 Å². The van der Waals surface area contributed by atoms with Crippen LogP contribution >= 0.6 is 23.2 Å². The molecule has 0 unspecified atom stereocenters. The maximum atomic E-state index is 12.7. The normalized spacial score (nSPS) is 13.7. The minimum Gasteiger partial charge on any atom is -0.307 e. The summed E-state index contributed by atoms with van der Waals surface area (Å²) in [7, 11) is 0. The molecule has 3 aromatic rings. The van der Waals surface area contributed by atoms with Gasteiger partial charge in [0.1, 0.15) is 5.82 Å². The number of likely N-dealkylation sites (tertiary alicyclic amines) is 1. The standard InChI is InChI=1S/C22H18Cl2N4O3/c23-17-3-1-2-16(21(17)24)13-28-18(10-11-25-28)26-22(31)15-6-4-14(5-7-15)12-27-19(29)8-9-20(27)30/h1-7,10-11H,8-9,12-13H2,(H,26,31). The summed E-state index contributed by atoms with van der Waals surface area (Å²) in [4.78, 5) is 37.4. The summed E-state index contributed by atoms with van der Waals surface area (Å²) in [6.45, 7) is 0.561. The molecule has 0 atom stereocenters. The molecule has 31 heavy (non-hydrogen) atoms. The molecule has 1 aliphatic rings. The third-order valence-corrected chi connectivity index (χ3v) is 5.88. The van der Waals surface area contributed by atoms with Crippen LogP contribution in [0.2, 0.25) is 10.0 Å². The van der Waals surface area contributed by atoms with Crippen LogP contribution in [0, 0.1) is 0 Å². The number of imide groups is 1. The Morgan fingerprint density at radius 3 is 2.39 bits per heavy atom. The van der Waals surface area contributed by atoms with Crippen LogP contribution in [-0.4, -0.2) is 32.4 Å². The second-order valence-corrected chi connectivity index (χ2v) is 7.90. The number of carbonyl (C=O) groups excluding carboxylic acids is 3. The summed E-state index contributed by atoms with van der Waals surface area (Å²) in [5.41, 5.74) is 2.00. The Morgan fingerprint density at radius 2 is 1.68 bits per heavy atom. The van der Waals surface area contributed by atoms with Gasteiger partial charge in [0.25, 0.3) is 5.91 Å². The topological polar surface area (TPSA) is 84.3 Å². The molecule has 0 radical (unpaired) electrons. The van der Waals surface area contributed by atoms with Crippen molar-refractivity contribution in [3.8, 4) is 0 Å². The minimum absolute atomic E-state index is 0.167. The summed E-state index contributed by atoms with van der Waals surface area (Å²) >= 11 is 12.3. The lowest BCUT2D eigenvalue weighted by Gasteiger charge is -2.14. The van der Waals surface area contributed by atoms with E-state index < -0.39 is 0 Å². The number of benzene rings is 2. The number of rotatable bonds is 6. The molecule has 0 saturated carbocycles.